The molecule has 2 heterocycles. The van der Waals surface area contributed by atoms with Crippen LogP contribution in [0, 0.1) is 0 Å². The van der Waals surface area contributed by atoms with Crippen molar-refractivity contribution in [1.82, 2.24) is 4.98 Å². The highest BCUT2D eigenvalue weighted by Crippen LogP contribution is 2.21. The van der Waals surface area contributed by atoms with E-state index in [1.165, 1.54) is 0 Å². The van der Waals surface area contributed by atoms with Gasteiger partial charge in [-0.15, -0.1) is 0 Å². The summed E-state index contributed by atoms with van der Waals surface area (Å²) >= 11 is 3.20. The van der Waals surface area contributed by atoms with Crippen molar-refractivity contribution in [2.75, 3.05) is 11.2 Å². The zero-order valence-electron chi connectivity index (χ0n) is 10.9. The lowest BCUT2D eigenvalue weighted by atomic mass is 10.2. The molecule has 0 saturated heterocycles. The van der Waals surface area contributed by atoms with E-state index in [2.05, 4.69) is 10.4 Å². The van der Waals surface area contributed by atoms with E-state index < -0.39 is 0 Å². The van der Waals surface area contributed by atoms with Crippen LogP contribution in [-0.2, 0) is 11.3 Å². The Labute approximate surface area is 121 Å². The van der Waals surface area contributed by atoms with Crippen LogP contribution in [-0.4, -0.2) is 22.4 Å². The fourth-order valence-corrected chi connectivity index (χ4v) is 2.68. The molecule has 0 spiro atoms. The molecule has 100 valence electrons. The first-order valence-corrected chi connectivity index (χ1v) is 8.20. The molecule has 0 saturated carbocycles. The van der Waals surface area contributed by atoms with Crippen molar-refractivity contribution in [2.24, 2.45) is 0 Å². The third kappa shape index (κ3) is 3.58. The van der Waals surface area contributed by atoms with E-state index in [0.717, 1.165) is 11.3 Å². The molecule has 2 aromatic heterocycles. The van der Waals surface area contributed by atoms with E-state index in [0.29, 0.717) is 6.54 Å². The van der Waals surface area contributed by atoms with Gasteiger partial charge in [0, 0.05) is 6.20 Å². The minimum Gasteiger partial charge on any atom is -0.305 e. The fraction of sp³-hybridized carbons (Fsp3) is 0.286. The van der Waals surface area contributed by atoms with Gasteiger partial charge in [0.1, 0.15) is 0 Å². The van der Waals surface area contributed by atoms with Crippen molar-refractivity contribution in [3.05, 3.63) is 46.9 Å². The van der Waals surface area contributed by atoms with Crippen LogP contribution in [0.1, 0.15) is 12.5 Å². The van der Waals surface area contributed by atoms with Gasteiger partial charge in [-0.05, 0) is 47.7 Å². The Morgan fingerprint density at radius 2 is 2.37 bits per heavy atom. The van der Waals surface area contributed by atoms with Gasteiger partial charge >= 0.3 is 0 Å². The summed E-state index contributed by atoms with van der Waals surface area (Å²) in [5, 5.41) is 4.04. The zero-order valence-corrected chi connectivity index (χ0v) is 12.6. The molecule has 2 rings (SSSR count). The molecule has 0 aliphatic heterocycles. The number of aromatic nitrogens is 1. The van der Waals surface area contributed by atoms with Crippen LogP contribution < -0.4 is 4.90 Å². The number of anilines is 1. The normalized spacial score (nSPS) is 12.1. The number of amides is 1. The maximum atomic E-state index is 12.5. The van der Waals surface area contributed by atoms with Crippen molar-refractivity contribution >= 4 is 34.7 Å². The second kappa shape index (κ2) is 6.73. The average molecular weight is 292 g/mol. The van der Waals surface area contributed by atoms with Gasteiger partial charge in [0.05, 0.1) is 23.7 Å². The molecule has 0 aromatic carbocycles. The summed E-state index contributed by atoms with van der Waals surface area (Å²) in [5.41, 5.74) is 2.00. The van der Waals surface area contributed by atoms with Gasteiger partial charge in [-0.2, -0.15) is 23.1 Å². The molecule has 3 nitrogen and oxygen atoms in total. The minimum atomic E-state index is -0.0566. The number of carbonyl (C=O) groups is 1. The summed E-state index contributed by atoms with van der Waals surface area (Å²) in [7, 11) is 0. The molecule has 5 heteroatoms. The Balaban J connectivity index is 2.25. The second-order valence-corrected chi connectivity index (χ2v) is 6.10. The first kappa shape index (κ1) is 14.1. The van der Waals surface area contributed by atoms with Crippen molar-refractivity contribution in [1.29, 1.82) is 0 Å². The summed E-state index contributed by atoms with van der Waals surface area (Å²) in [5.74, 6) is 0.117. The predicted octanol–water partition coefficient (Wildman–Crippen LogP) is 3.43. The first-order chi connectivity index (χ1) is 9.22. The highest BCUT2D eigenvalue weighted by Gasteiger charge is 2.21. The summed E-state index contributed by atoms with van der Waals surface area (Å²) in [6, 6.07) is 5.82. The zero-order chi connectivity index (χ0) is 13.7. The van der Waals surface area contributed by atoms with E-state index in [1.807, 2.05) is 36.8 Å². The number of nitrogens with zero attached hydrogens (tertiary/aromatic N) is 2. The highest BCUT2D eigenvalue weighted by atomic mass is 32.2. The van der Waals surface area contributed by atoms with Crippen LogP contribution in [0.3, 0.4) is 0 Å². The molecule has 0 N–H and O–H groups in total. The van der Waals surface area contributed by atoms with Gasteiger partial charge in [-0.1, -0.05) is 0 Å². The van der Waals surface area contributed by atoms with Gasteiger partial charge in [-0.25, -0.2) is 0 Å². The predicted molar refractivity (Wildman–Crippen MR) is 82.7 cm³/mol. The number of carbonyl (C=O) groups excluding carboxylic acids is 1. The molecule has 2 aromatic rings. The van der Waals surface area contributed by atoms with E-state index in [-0.39, 0.29) is 11.2 Å². The van der Waals surface area contributed by atoms with Gasteiger partial charge in [-0.3, -0.25) is 9.78 Å². The molecule has 19 heavy (non-hydrogen) atoms. The molecular weight excluding hydrogens is 276 g/mol. The molecule has 0 radical (unpaired) electrons. The number of hydrogen-bond acceptors (Lipinski definition) is 4. The highest BCUT2D eigenvalue weighted by molar-refractivity contribution is 7.99. The molecule has 0 bridgehead atoms. The average Bonchev–Trinajstić information content (AvgIpc) is 2.97. The maximum Gasteiger partial charge on any atom is 0.240 e. The number of thioether (sulfide) groups is 1. The molecule has 0 aliphatic rings. The Kier molecular flexibility index (Phi) is 4.99. The molecule has 0 fully saturated rings. The molecule has 1 amide bonds. The summed E-state index contributed by atoms with van der Waals surface area (Å²) in [4.78, 5) is 18.4. The van der Waals surface area contributed by atoms with E-state index in [9.17, 15) is 4.79 Å². The quantitative estimate of drug-likeness (QED) is 0.846. The summed E-state index contributed by atoms with van der Waals surface area (Å²) in [6.45, 7) is 2.53. The van der Waals surface area contributed by atoms with Crippen LogP contribution in [0.15, 0.2) is 41.4 Å². The van der Waals surface area contributed by atoms with Gasteiger partial charge < -0.3 is 4.90 Å². The van der Waals surface area contributed by atoms with Gasteiger partial charge in [0.25, 0.3) is 0 Å². The van der Waals surface area contributed by atoms with E-state index in [4.69, 9.17) is 0 Å². The molecule has 1 atom stereocenters. The van der Waals surface area contributed by atoms with E-state index in [1.54, 1.807) is 40.4 Å². The SMILES string of the molecule is CSC(C)C(=O)N(Cc1ccsc1)c1cccnc1. The standard InChI is InChI=1S/C14H16N2OS2/c1-11(18-2)14(17)16(9-12-5-7-19-10-12)13-4-3-6-15-8-13/h3-8,10-11H,9H2,1-2H3. The van der Waals surface area contributed by atoms with Crippen molar-refractivity contribution in [3.8, 4) is 0 Å². The van der Waals surface area contributed by atoms with Gasteiger partial charge in [0.15, 0.2) is 0 Å². The lowest BCUT2D eigenvalue weighted by Gasteiger charge is -2.24. The summed E-state index contributed by atoms with van der Waals surface area (Å²) in [6.07, 6.45) is 5.40. The number of rotatable bonds is 5. The smallest absolute Gasteiger partial charge is 0.240 e. The number of pyridine rings is 1. The minimum absolute atomic E-state index is 0.0566. The largest absolute Gasteiger partial charge is 0.305 e. The first-order valence-electron chi connectivity index (χ1n) is 5.97. The Morgan fingerprint density at radius 1 is 1.53 bits per heavy atom. The molecular formula is C14H16N2OS2. The lowest BCUT2D eigenvalue weighted by Crippen LogP contribution is -2.36. The van der Waals surface area contributed by atoms with Crippen LogP contribution in [0.25, 0.3) is 0 Å². The van der Waals surface area contributed by atoms with Gasteiger partial charge in [0.2, 0.25) is 5.91 Å². The van der Waals surface area contributed by atoms with Crippen molar-refractivity contribution in [2.45, 2.75) is 18.7 Å². The van der Waals surface area contributed by atoms with Crippen molar-refractivity contribution in [3.63, 3.8) is 0 Å². The van der Waals surface area contributed by atoms with Crippen LogP contribution in [0.5, 0.6) is 0 Å². The monoisotopic (exact) mass is 292 g/mol. The Bertz CT molecular complexity index is 514. The Hall–Kier alpha value is -1.33. The Morgan fingerprint density at radius 3 is 2.95 bits per heavy atom. The van der Waals surface area contributed by atoms with Crippen LogP contribution in [0.2, 0.25) is 0 Å². The molecule has 0 aliphatic carbocycles. The third-order valence-corrected chi connectivity index (χ3v) is 4.49. The molecule has 1 unspecified atom stereocenters. The fourth-order valence-electron chi connectivity index (χ4n) is 1.70. The maximum absolute atomic E-state index is 12.5. The second-order valence-electron chi connectivity index (χ2n) is 4.15. The lowest BCUT2D eigenvalue weighted by molar-refractivity contribution is -0.118. The van der Waals surface area contributed by atoms with Crippen molar-refractivity contribution < 1.29 is 4.79 Å². The topological polar surface area (TPSA) is 33.2 Å². The number of hydrogen-bond donors (Lipinski definition) is 0. The summed E-state index contributed by atoms with van der Waals surface area (Å²) < 4.78 is 0. The van der Waals surface area contributed by atoms with Crippen LogP contribution >= 0.6 is 23.1 Å². The van der Waals surface area contributed by atoms with Crippen LogP contribution in [0.4, 0.5) is 5.69 Å². The number of thiophene rings is 1. The van der Waals surface area contributed by atoms with E-state index >= 15 is 0 Å². The third-order valence-electron chi connectivity index (χ3n) is 2.85.